The van der Waals surface area contributed by atoms with Gasteiger partial charge in [0.1, 0.15) is 11.6 Å². The van der Waals surface area contributed by atoms with Crippen LogP contribution in [0.15, 0.2) is 18.2 Å². The van der Waals surface area contributed by atoms with E-state index in [-0.39, 0.29) is 18.2 Å². The summed E-state index contributed by atoms with van der Waals surface area (Å²) in [4.78, 5) is 0. The van der Waals surface area contributed by atoms with E-state index in [9.17, 15) is 17.6 Å². The number of rotatable bonds is 4. The summed E-state index contributed by atoms with van der Waals surface area (Å²) in [6, 6.07) is 3.19. The van der Waals surface area contributed by atoms with Gasteiger partial charge in [-0.3, -0.25) is 0 Å². The van der Waals surface area contributed by atoms with E-state index in [0.29, 0.717) is 13.2 Å². The minimum atomic E-state index is -4.77. The molecular weight excluding hydrogens is 278 g/mol. The van der Waals surface area contributed by atoms with Crippen molar-refractivity contribution < 1.29 is 27.0 Å². The van der Waals surface area contributed by atoms with E-state index < -0.39 is 17.9 Å². The second kappa shape index (κ2) is 6.41. The molecule has 0 unspecified atom stereocenters. The Morgan fingerprint density at radius 3 is 2.60 bits per heavy atom. The molecule has 20 heavy (non-hydrogen) atoms. The number of nitrogens with one attached hydrogen (secondary N) is 1. The van der Waals surface area contributed by atoms with Crippen LogP contribution >= 0.6 is 0 Å². The Labute approximate surface area is 113 Å². The Bertz CT molecular complexity index is 444. The van der Waals surface area contributed by atoms with Crippen molar-refractivity contribution in [3.63, 3.8) is 0 Å². The first kappa shape index (κ1) is 15.1. The Hall–Kier alpha value is -1.34. The Morgan fingerprint density at radius 1 is 1.25 bits per heavy atom. The van der Waals surface area contributed by atoms with Crippen LogP contribution in [0.3, 0.4) is 0 Å². The molecule has 112 valence electrons. The maximum Gasteiger partial charge on any atom is 0.573 e. The van der Waals surface area contributed by atoms with Gasteiger partial charge < -0.3 is 14.8 Å². The van der Waals surface area contributed by atoms with Gasteiger partial charge in [0.2, 0.25) is 0 Å². The van der Waals surface area contributed by atoms with Gasteiger partial charge in [-0.1, -0.05) is 0 Å². The summed E-state index contributed by atoms with van der Waals surface area (Å²) < 4.78 is 58.8. The van der Waals surface area contributed by atoms with Gasteiger partial charge in [0.25, 0.3) is 0 Å². The predicted octanol–water partition coefficient (Wildman–Crippen LogP) is 2.99. The molecule has 3 nitrogen and oxygen atoms in total. The molecule has 0 aliphatic carbocycles. The molecule has 7 heteroatoms. The molecule has 1 aromatic rings. The number of alkyl halides is 3. The molecule has 1 aliphatic heterocycles. The molecule has 0 radical (unpaired) electrons. The summed E-state index contributed by atoms with van der Waals surface area (Å²) in [5.41, 5.74) is 0.151. The highest BCUT2D eigenvalue weighted by Gasteiger charge is 2.31. The lowest BCUT2D eigenvalue weighted by atomic mass is 10.1. The number of halogens is 4. The SMILES string of the molecule is Fc1ccc(OC(F)(F)F)cc1CNC1CCOCC1. The maximum absolute atomic E-state index is 13.6. The molecule has 1 fully saturated rings. The second-order valence-corrected chi connectivity index (χ2v) is 4.57. The van der Waals surface area contributed by atoms with E-state index in [1.165, 1.54) is 0 Å². The van der Waals surface area contributed by atoms with Gasteiger partial charge >= 0.3 is 6.36 Å². The smallest absolute Gasteiger partial charge is 0.406 e. The first-order valence-corrected chi connectivity index (χ1v) is 6.29. The van der Waals surface area contributed by atoms with Crippen molar-refractivity contribution in [2.75, 3.05) is 13.2 Å². The van der Waals surface area contributed by atoms with Crippen molar-refractivity contribution in [1.82, 2.24) is 5.32 Å². The molecule has 2 rings (SSSR count). The Kier molecular flexibility index (Phi) is 4.82. The first-order chi connectivity index (χ1) is 9.44. The van der Waals surface area contributed by atoms with Crippen molar-refractivity contribution in [3.05, 3.63) is 29.6 Å². The normalized spacial score (nSPS) is 17.2. The summed E-state index contributed by atoms with van der Waals surface area (Å²) in [7, 11) is 0. The quantitative estimate of drug-likeness (QED) is 0.866. The summed E-state index contributed by atoms with van der Waals surface area (Å²) in [5, 5.41) is 3.11. The largest absolute Gasteiger partial charge is 0.573 e. The summed E-state index contributed by atoms with van der Waals surface area (Å²) >= 11 is 0. The van der Waals surface area contributed by atoms with Crippen molar-refractivity contribution in [1.29, 1.82) is 0 Å². The highest BCUT2D eigenvalue weighted by atomic mass is 19.4. The molecule has 1 aromatic carbocycles. The minimum Gasteiger partial charge on any atom is -0.406 e. The average molecular weight is 293 g/mol. The fourth-order valence-electron chi connectivity index (χ4n) is 2.04. The molecule has 1 aliphatic rings. The average Bonchev–Trinajstić information content (AvgIpc) is 2.39. The second-order valence-electron chi connectivity index (χ2n) is 4.57. The molecule has 1 saturated heterocycles. The van der Waals surface area contributed by atoms with Crippen LogP contribution in [0.4, 0.5) is 17.6 Å². The molecule has 0 spiro atoms. The predicted molar refractivity (Wildman–Crippen MR) is 63.8 cm³/mol. The number of benzene rings is 1. The van der Waals surface area contributed by atoms with E-state index in [2.05, 4.69) is 10.1 Å². The highest BCUT2D eigenvalue weighted by molar-refractivity contribution is 5.30. The third kappa shape index (κ3) is 4.64. The van der Waals surface area contributed by atoms with Gasteiger partial charge in [0.05, 0.1) is 0 Å². The van der Waals surface area contributed by atoms with Crippen LogP contribution in [-0.2, 0) is 11.3 Å². The summed E-state index contributed by atoms with van der Waals surface area (Å²) in [5.74, 6) is -0.971. The van der Waals surface area contributed by atoms with Crippen molar-refractivity contribution >= 4 is 0 Å². The minimum absolute atomic E-state index is 0.151. The van der Waals surface area contributed by atoms with Crippen LogP contribution in [0.2, 0.25) is 0 Å². The van der Waals surface area contributed by atoms with Crippen LogP contribution < -0.4 is 10.1 Å². The summed E-state index contributed by atoms with van der Waals surface area (Å²) in [6.45, 7) is 1.43. The van der Waals surface area contributed by atoms with E-state index in [0.717, 1.165) is 31.0 Å². The van der Waals surface area contributed by atoms with E-state index in [4.69, 9.17) is 4.74 Å². The fourth-order valence-corrected chi connectivity index (χ4v) is 2.04. The monoisotopic (exact) mass is 293 g/mol. The zero-order chi connectivity index (χ0) is 14.6. The lowest BCUT2D eigenvalue weighted by molar-refractivity contribution is -0.274. The molecule has 1 N–H and O–H groups in total. The van der Waals surface area contributed by atoms with Crippen LogP contribution in [0.25, 0.3) is 0 Å². The van der Waals surface area contributed by atoms with Gasteiger partial charge in [-0.25, -0.2) is 4.39 Å². The fraction of sp³-hybridized carbons (Fsp3) is 0.538. The molecule has 0 amide bonds. The number of hydrogen-bond donors (Lipinski definition) is 1. The van der Waals surface area contributed by atoms with Gasteiger partial charge in [0, 0.05) is 31.4 Å². The van der Waals surface area contributed by atoms with Crippen molar-refractivity contribution in [3.8, 4) is 5.75 Å². The zero-order valence-electron chi connectivity index (χ0n) is 10.7. The Morgan fingerprint density at radius 2 is 1.95 bits per heavy atom. The lowest BCUT2D eigenvalue weighted by Gasteiger charge is -2.23. The molecule has 0 saturated carbocycles. The first-order valence-electron chi connectivity index (χ1n) is 6.29. The molecular formula is C13H15F4NO2. The zero-order valence-corrected chi connectivity index (χ0v) is 10.7. The lowest BCUT2D eigenvalue weighted by Crippen LogP contribution is -2.34. The topological polar surface area (TPSA) is 30.5 Å². The van der Waals surface area contributed by atoms with E-state index in [1.54, 1.807) is 0 Å². The van der Waals surface area contributed by atoms with Gasteiger partial charge in [-0.2, -0.15) is 0 Å². The molecule has 0 bridgehead atoms. The van der Waals surface area contributed by atoms with Gasteiger partial charge in [0.15, 0.2) is 0 Å². The summed E-state index contributed by atoms with van der Waals surface area (Å²) in [6.07, 6.45) is -3.16. The maximum atomic E-state index is 13.6. The molecule has 0 atom stereocenters. The van der Waals surface area contributed by atoms with E-state index in [1.807, 2.05) is 0 Å². The van der Waals surface area contributed by atoms with Crippen LogP contribution in [0.1, 0.15) is 18.4 Å². The third-order valence-corrected chi connectivity index (χ3v) is 3.05. The van der Waals surface area contributed by atoms with Gasteiger partial charge in [-0.15, -0.1) is 13.2 Å². The number of hydrogen-bond acceptors (Lipinski definition) is 3. The van der Waals surface area contributed by atoms with Crippen LogP contribution in [0.5, 0.6) is 5.75 Å². The van der Waals surface area contributed by atoms with Gasteiger partial charge in [-0.05, 0) is 31.0 Å². The standard InChI is InChI=1S/C13H15F4NO2/c14-12-2-1-11(20-13(15,16)17)7-9(12)8-18-10-3-5-19-6-4-10/h1-2,7,10,18H,3-6,8H2. The van der Waals surface area contributed by atoms with Crippen molar-refractivity contribution in [2.24, 2.45) is 0 Å². The van der Waals surface area contributed by atoms with Crippen molar-refractivity contribution in [2.45, 2.75) is 31.8 Å². The number of ether oxygens (including phenoxy) is 2. The third-order valence-electron chi connectivity index (χ3n) is 3.05. The van der Waals surface area contributed by atoms with Crippen LogP contribution in [-0.4, -0.2) is 25.6 Å². The molecule has 0 aromatic heterocycles. The molecule has 1 heterocycles. The Balaban J connectivity index is 1.97. The van der Waals surface area contributed by atoms with E-state index >= 15 is 0 Å². The van der Waals surface area contributed by atoms with Crippen LogP contribution in [0, 0.1) is 5.82 Å². The highest BCUT2D eigenvalue weighted by Crippen LogP contribution is 2.24.